The first-order valence-electron chi connectivity index (χ1n) is 9.24. The minimum Gasteiger partial charge on any atom is -0.366 e. The number of amides is 2. The van der Waals surface area contributed by atoms with Gasteiger partial charge in [0.25, 0.3) is 0 Å². The molecule has 0 spiro atoms. The highest BCUT2D eigenvalue weighted by atomic mass is 79.9. The van der Waals surface area contributed by atoms with Crippen molar-refractivity contribution in [1.29, 1.82) is 0 Å². The van der Waals surface area contributed by atoms with Crippen molar-refractivity contribution in [2.75, 3.05) is 26.2 Å². The minimum atomic E-state index is -0.409. The van der Waals surface area contributed by atoms with Crippen LogP contribution >= 0.6 is 27.7 Å². The molecule has 0 aliphatic carbocycles. The fraction of sp³-hybridized carbons (Fsp3) is 0.333. The number of piperazine rings is 1. The molecule has 1 saturated heterocycles. The van der Waals surface area contributed by atoms with Crippen LogP contribution in [-0.4, -0.2) is 53.0 Å². The largest absolute Gasteiger partial charge is 0.366 e. The molecular weight excluding hydrogens is 438 g/mol. The Morgan fingerprint density at radius 1 is 1.04 bits per heavy atom. The molecule has 1 unspecified atom stereocenters. The van der Waals surface area contributed by atoms with Crippen LogP contribution in [0.3, 0.4) is 0 Å². The van der Waals surface area contributed by atoms with Crippen molar-refractivity contribution in [3.05, 3.63) is 64.1 Å². The molecule has 0 radical (unpaired) electrons. The van der Waals surface area contributed by atoms with Crippen molar-refractivity contribution in [3.63, 3.8) is 0 Å². The molecule has 2 N–H and O–H groups in total. The Balaban J connectivity index is 1.48. The fourth-order valence-corrected chi connectivity index (χ4v) is 4.40. The number of nitrogens with zero attached hydrogens (tertiary/aromatic N) is 2. The lowest BCUT2D eigenvalue weighted by Crippen LogP contribution is -2.50. The van der Waals surface area contributed by atoms with Gasteiger partial charge < -0.3 is 10.6 Å². The molecule has 1 fully saturated rings. The smallest absolute Gasteiger partial charge is 0.248 e. The molecule has 2 aromatic carbocycles. The highest BCUT2D eigenvalue weighted by Gasteiger charge is 2.25. The zero-order valence-corrected chi connectivity index (χ0v) is 18.2. The summed E-state index contributed by atoms with van der Waals surface area (Å²) in [5.74, 6) is -0.216. The third-order valence-corrected chi connectivity index (χ3v) is 6.43. The second-order valence-electron chi connectivity index (χ2n) is 6.88. The van der Waals surface area contributed by atoms with Crippen LogP contribution in [0.2, 0.25) is 0 Å². The van der Waals surface area contributed by atoms with E-state index < -0.39 is 5.91 Å². The van der Waals surface area contributed by atoms with Crippen molar-refractivity contribution in [2.45, 2.75) is 23.6 Å². The fourth-order valence-electron chi connectivity index (χ4n) is 3.18. The lowest BCUT2D eigenvalue weighted by molar-refractivity contribution is -0.132. The van der Waals surface area contributed by atoms with Gasteiger partial charge in [0.1, 0.15) is 0 Å². The summed E-state index contributed by atoms with van der Waals surface area (Å²) in [6.45, 7) is 5.96. The average molecular weight is 462 g/mol. The van der Waals surface area contributed by atoms with E-state index in [2.05, 4.69) is 20.8 Å². The van der Waals surface area contributed by atoms with E-state index in [1.165, 1.54) is 0 Å². The Hall–Kier alpha value is -1.83. The van der Waals surface area contributed by atoms with Crippen LogP contribution in [-0.2, 0) is 11.3 Å². The lowest BCUT2D eigenvalue weighted by atomic mass is 10.1. The molecule has 2 aromatic rings. The number of nitrogens with two attached hydrogens (primary N) is 1. The number of primary amides is 1. The maximum atomic E-state index is 12.8. The van der Waals surface area contributed by atoms with Gasteiger partial charge in [0.05, 0.1) is 5.25 Å². The molecule has 1 aliphatic heterocycles. The summed E-state index contributed by atoms with van der Waals surface area (Å²) in [6.07, 6.45) is 0. The molecular formula is C21H24BrN3O2S. The Kier molecular flexibility index (Phi) is 7.15. The maximum absolute atomic E-state index is 12.8. The van der Waals surface area contributed by atoms with E-state index in [1.54, 1.807) is 23.9 Å². The highest BCUT2D eigenvalue weighted by Crippen LogP contribution is 2.26. The number of rotatable bonds is 6. The summed E-state index contributed by atoms with van der Waals surface area (Å²) in [7, 11) is 0. The molecule has 1 heterocycles. The summed E-state index contributed by atoms with van der Waals surface area (Å²) >= 11 is 5.03. The van der Waals surface area contributed by atoms with Crippen LogP contribution in [0.15, 0.2) is 57.9 Å². The Bertz CT molecular complexity index is 819. The first kappa shape index (κ1) is 20.9. The normalized spacial score (nSPS) is 16.0. The quantitative estimate of drug-likeness (QED) is 0.669. The van der Waals surface area contributed by atoms with E-state index >= 15 is 0 Å². The zero-order valence-electron chi connectivity index (χ0n) is 15.8. The number of benzene rings is 2. The molecule has 1 aliphatic rings. The van der Waals surface area contributed by atoms with E-state index in [4.69, 9.17) is 5.73 Å². The van der Waals surface area contributed by atoms with Crippen molar-refractivity contribution in [3.8, 4) is 0 Å². The number of halogens is 1. The molecule has 0 saturated carbocycles. The summed E-state index contributed by atoms with van der Waals surface area (Å²) < 4.78 is 1.04. The molecule has 0 aromatic heterocycles. The van der Waals surface area contributed by atoms with Gasteiger partial charge in [0, 0.05) is 47.7 Å². The second-order valence-corrected chi connectivity index (χ2v) is 9.21. The maximum Gasteiger partial charge on any atom is 0.248 e. The van der Waals surface area contributed by atoms with Crippen molar-refractivity contribution >= 4 is 39.5 Å². The topological polar surface area (TPSA) is 66.6 Å². The molecule has 28 heavy (non-hydrogen) atoms. The Labute approximate surface area is 178 Å². The third-order valence-electron chi connectivity index (χ3n) is 4.80. The third kappa shape index (κ3) is 5.59. The van der Waals surface area contributed by atoms with Crippen molar-refractivity contribution < 1.29 is 9.59 Å². The molecule has 0 bridgehead atoms. The Morgan fingerprint density at radius 2 is 1.64 bits per heavy atom. The van der Waals surface area contributed by atoms with Crippen molar-refractivity contribution in [2.24, 2.45) is 5.73 Å². The van der Waals surface area contributed by atoms with Crippen LogP contribution in [0.5, 0.6) is 0 Å². The first-order valence-corrected chi connectivity index (χ1v) is 10.9. The van der Waals surface area contributed by atoms with Gasteiger partial charge in [0.15, 0.2) is 0 Å². The van der Waals surface area contributed by atoms with Gasteiger partial charge in [-0.2, -0.15) is 0 Å². The van der Waals surface area contributed by atoms with Crippen LogP contribution < -0.4 is 5.73 Å². The first-order chi connectivity index (χ1) is 13.4. The minimum absolute atomic E-state index is 0.103. The van der Waals surface area contributed by atoms with Crippen molar-refractivity contribution in [1.82, 2.24) is 9.80 Å². The highest BCUT2D eigenvalue weighted by molar-refractivity contribution is 9.10. The van der Waals surface area contributed by atoms with Gasteiger partial charge in [-0.05, 0) is 48.9 Å². The van der Waals surface area contributed by atoms with Crippen LogP contribution in [0, 0.1) is 0 Å². The predicted molar refractivity (Wildman–Crippen MR) is 116 cm³/mol. The number of carbonyl (C=O) groups excluding carboxylic acids is 2. The molecule has 3 rings (SSSR count). The summed E-state index contributed by atoms with van der Waals surface area (Å²) in [5.41, 5.74) is 6.95. The zero-order chi connectivity index (χ0) is 20.1. The Morgan fingerprint density at radius 3 is 2.21 bits per heavy atom. The van der Waals surface area contributed by atoms with Gasteiger partial charge in [-0.25, -0.2) is 0 Å². The van der Waals surface area contributed by atoms with Gasteiger partial charge >= 0.3 is 0 Å². The lowest BCUT2D eigenvalue weighted by Gasteiger charge is -2.36. The number of hydrogen-bond donors (Lipinski definition) is 1. The van der Waals surface area contributed by atoms with Gasteiger partial charge in [0.2, 0.25) is 11.8 Å². The standard InChI is InChI=1S/C21H24BrN3O2S/c1-15(28-19-8-6-18(22)7-9-19)21(27)25-12-10-24(11-13-25)14-16-2-4-17(5-3-16)20(23)26/h2-9,15H,10-14H2,1H3,(H2,23,26). The van der Waals surface area contributed by atoms with E-state index in [0.29, 0.717) is 5.56 Å². The molecule has 2 amide bonds. The SMILES string of the molecule is CC(Sc1ccc(Br)cc1)C(=O)N1CCN(Cc2ccc(C(N)=O)cc2)CC1. The van der Waals surface area contributed by atoms with E-state index in [-0.39, 0.29) is 11.2 Å². The summed E-state index contributed by atoms with van der Waals surface area (Å²) in [4.78, 5) is 29.3. The van der Waals surface area contributed by atoms with Crippen LogP contribution in [0.25, 0.3) is 0 Å². The molecule has 148 valence electrons. The summed E-state index contributed by atoms with van der Waals surface area (Å²) in [6, 6.07) is 15.4. The molecule has 5 nitrogen and oxygen atoms in total. The van der Waals surface area contributed by atoms with Gasteiger partial charge in [-0.3, -0.25) is 14.5 Å². The predicted octanol–water partition coefficient (Wildman–Crippen LogP) is 3.37. The second kappa shape index (κ2) is 9.58. The number of hydrogen-bond acceptors (Lipinski definition) is 4. The average Bonchev–Trinajstić information content (AvgIpc) is 2.70. The number of carbonyl (C=O) groups is 2. The van der Waals surface area contributed by atoms with E-state index in [0.717, 1.165) is 47.7 Å². The monoisotopic (exact) mass is 461 g/mol. The van der Waals surface area contributed by atoms with E-state index in [1.807, 2.05) is 48.2 Å². The van der Waals surface area contributed by atoms with Crippen LogP contribution in [0.1, 0.15) is 22.8 Å². The van der Waals surface area contributed by atoms with Crippen LogP contribution in [0.4, 0.5) is 0 Å². The summed E-state index contributed by atoms with van der Waals surface area (Å²) in [5, 5.41) is -0.103. The van der Waals surface area contributed by atoms with Gasteiger partial charge in [-0.15, -0.1) is 11.8 Å². The molecule has 1 atom stereocenters. The van der Waals surface area contributed by atoms with Gasteiger partial charge in [-0.1, -0.05) is 28.1 Å². The number of thioether (sulfide) groups is 1. The molecule has 7 heteroatoms. The van der Waals surface area contributed by atoms with E-state index in [9.17, 15) is 9.59 Å².